The molecule has 26 heavy (non-hydrogen) atoms. The van der Waals surface area contributed by atoms with Gasteiger partial charge >= 0.3 is 0 Å². The Balaban J connectivity index is 1.75. The van der Waals surface area contributed by atoms with Crippen LogP contribution >= 0.6 is 0 Å². The highest BCUT2D eigenvalue weighted by molar-refractivity contribution is 5.98. The number of rotatable bonds is 2. The van der Waals surface area contributed by atoms with Crippen LogP contribution in [-0.2, 0) is 0 Å². The van der Waals surface area contributed by atoms with Gasteiger partial charge in [0.15, 0.2) is 0 Å². The number of carbonyl (C=O) groups is 2. The minimum atomic E-state index is -0.115. The molecule has 0 bridgehead atoms. The highest BCUT2D eigenvalue weighted by Gasteiger charge is 2.36. The van der Waals surface area contributed by atoms with E-state index in [0.29, 0.717) is 17.4 Å². The molecule has 5 nitrogen and oxygen atoms in total. The fourth-order valence-corrected chi connectivity index (χ4v) is 4.21. The first-order valence-electron chi connectivity index (χ1n) is 9.00. The molecule has 2 aliphatic heterocycles. The molecule has 2 aromatic rings. The molecule has 2 heterocycles. The zero-order valence-electron chi connectivity index (χ0n) is 15.1. The summed E-state index contributed by atoms with van der Waals surface area (Å²) in [6.07, 6.45) is 0. The summed E-state index contributed by atoms with van der Waals surface area (Å²) < 4.78 is 0. The number of likely N-dealkylation sites (N-methyl/N-ethyl adjacent to an activating group) is 1. The number of hydrogen-bond acceptors (Lipinski definition) is 3. The van der Waals surface area contributed by atoms with Crippen LogP contribution in [0.5, 0.6) is 0 Å². The van der Waals surface area contributed by atoms with Crippen LogP contribution < -0.4 is 10.6 Å². The van der Waals surface area contributed by atoms with E-state index in [1.165, 1.54) is 0 Å². The van der Waals surface area contributed by atoms with Crippen LogP contribution in [0.3, 0.4) is 0 Å². The maximum absolute atomic E-state index is 12.6. The van der Waals surface area contributed by atoms with Gasteiger partial charge in [0.1, 0.15) is 0 Å². The Morgan fingerprint density at radius 3 is 2.77 bits per heavy atom. The summed E-state index contributed by atoms with van der Waals surface area (Å²) in [6.45, 7) is 2.72. The Hall–Kier alpha value is -2.66. The van der Waals surface area contributed by atoms with Crippen molar-refractivity contribution in [3.05, 3.63) is 59.2 Å². The van der Waals surface area contributed by atoms with Crippen molar-refractivity contribution in [2.24, 2.45) is 5.92 Å². The molecule has 0 radical (unpaired) electrons. The predicted molar refractivity (Wildman–Crippen MR) is 101 cm³/mol. The second-order valence-electron chi connectivity index (χ2n) is 7.26. The average molecular weight is 349 g/mol. The molecule has 2 unspecified atom stereocenters. The molecule has 1 fully saturated rings. The van der Waals surface area contributed by atoms with Crippen LogP contribution in [0.15, 0.2) is 42.5 Å². The quantitative estimate of drug-likeness (QED) is 0.873. The Morgan fingerprint density at radius 2 is 1.96 bits per heavy atom. The van der Waals surface area contributed by atoms with Crippen LogP contribution in [0.4, 0.5) is 0 Å². The Labute approximate surface area is 153 Å². The lowest BCUT2D eigenvalue weighted by atomic mass is 9.86. The lowest BCUT2D eigenvalue weighted by molar-refractivity contribution is 0.0947. The highest BCUT2D eigenvalue weighted by Crippen LogP contribution is 2.37. The molecule has 2 amide bonds. The second kappa shape index (κ2) is 6.57. The lowest BCUT2D eigenvalue weighted by Gasteiger charge is -2.17. The summed E-state index contributed by atoms with van der Waals surface area (Å²) in [5, 5.41) is 5.73. The fourth-order valence-electron chi connectivity index (χ4n) is 4.21. The van der Waals surface area contributed by atoms with Gasteiger partial charge in [0.25, 0.3) is 11.8 Å². The third-order valence-electron chi connectivity index (χ3n) is 5.53. The van der Waals surface area contributed by atoms with Crippen LogP contribution in [0.2, 0.25) is 0 Å². The first-order chi connectivity index (χ1) is 12.6. The van der Waals surface area contributed by atoms with E-state index in [2.05, 4.69) is 34.7 Å². The number of nitrogens with one attached hydrogen (secondary N) is 2. The van der Waals surface area contributed by atoms with Crippen molar-refractivity contribution in [1.29, 1.82) is 0 Å². The number of fused-ring (bicyclic) bond motifs is 3. The topological polar surface area (TPSA) is 61.4 Å². The van der Waals surface area contributed by atoms with Crippen molar-refractivity contribution in [3.8, 4) is 11.1 Å². The van der Waals surface area contributed by atoms with E-state index in [4.69, 9.17) is 0 Å². The zero-order valence-corrected chi connectivity index (χ0v) is 15.1. The number of nitrogens with zero attached hydrogens (tertiary/aromatic N) is 1. The minimum Gasteiger partial charge on any atom is -0.355 e. The SMILES string of the molecule is CNC(=O)c1cccc(-c2ccc3c(c2)C(=O)NCC2CN(C)CC32)c1. The normalized spacial score (nSPS) is 22.2. The van der Waals surface area contributed by atoms with Gasteiger partial charge in [-0.3, -0.25) is 9.59 Å². The summed E-state index contributed by atoms with van der Waals surface area (Å²) in [5.41, 5.74) is 4.40. The molecule has 1 saturated heterocycles. The van der Waals surface area contributed by atoms with E-state index >= 15 is 0 Å². The van der Waals surface area contributed by atoms with Crippen molar-refractivity contribution in [2.75, 3.05) is 33.7 Å². The summed E-state index contributed by atoms with van der Waals surface area (Å²) >= 11 is 0. The van der Waals surface area contributed by atoms with Crippen LogP contribution in [-0.4, -0.2) is 50.4 Å². The molecule has 0 spiro atoms. The number of carbonyl (C=O) groups excluding carboxylic acids is 2. The number of hydrogen-bond donors (Lipinski definition) is 2. The summed E-state index contributed by atoms with van der Waals surface area (Å²) in [6, 6.07) is 13.6. The molecule has 2 N–H and O–H groups in total. The molecule has 5 heteroatoms. The first-order valence-corrected chi connectivity index (χ1v) is 9.00. The predicted octanol–water partition coefficient (Wildman–Crippen LogP) is 2.10. The van der Waals surface area contributed by atoms with Crippen LogP contribution in [0.1, 0.15) is 32.2 Å². The molecule has 134 valence electrons. The van der Waals surface area contributed by atoms with Crippen molar-refractivity contribution in [1.82, 2.24) is 15.5 Å². The van der Waals surface area contributed by atoms with Crippen LogP contribution in [0.25, 0.3) is 11.1 Å². The van der Waals surface area contributed by atoms with E-state index in [-0.39, 0.29) is 11.8 Å². The lowest BCUT2D eigenvalue weighted by Crippen LogP contribution is -2.29. The van der Waals surface area contributed by atoms with Crippen molar-refractivity contribution in [2.45, 2.75) is 5.92 Å². The number of benzene rings is 2. The van der Waals surface area contributed by atoms with Gasteiger partial charge in [-0.15, -0.1) is 0 Å². The molecule has 2 aromatic carbocycles. The Bertz CT molecular complexity index is 877. The molecule has 0 saturated carbocycles. The molecule has 2 aliphatic rings. The fraction of sp³-hybridized carbons (Fsp3) is 0.333. The van der Waals surface area contributed by atoms with Crippen molar-refractivity contribution in [3.63, 3.8) is 0 Å². The summed E-state index contributed by atoms with van der Waals surface area (Å²) in [7, 11) is 3.76. The Morgan fingerprint density at radius 1 is 1.15 bits per heavy atom. The molecule has 2 atom stereocenters. The third kappa shape index (κ3) is 2.88. The largest absolute Gasteiger partial charge is 0.355 e. The van der Waals surface area contributed by atoms with Gasteiger partial charge in [0, 0.05) is 43.7 Å². The average Bonchev–Trinajstić information content (AvgIpc) is 3.00. The number of amides is 2. The van der Waals surface area contributed by atoms with Gasteiger partial charge in [0.2, 0.25) is 0 Å². The van der Waals surface area contributed by atoms with Gasteiger partial charge in [0.05, 0.1) is 0 Å². The molecule has 0 aliphatic carbocycles. The molecule has 0 aromatic heterocycles. The van der Waals surface area contributed by atoms with Crippen molar-refractivity contribution >= 4 is 11.8 Å². The van der Waals surface area contributed by atoms with Crippen LogP contribution in [0, 0.1) is 5.92 Å². The highest BCUT2D eigenvalue weighted by atomic mass is 16.2. The summed E-state index contributed by atoms with van der Waals surface area (Å²) in [5.74, 6) is 0.741. The van der Waals surface area contributed by atoms with E-state index in [9.17, 15) is 9.59 Å². The second-order valence-corrected chi connectivity index (χ2v) is 7.26. The number of likely N-dealkylation sites (tertiary alicyclic amines) is 1. The van der Waals surface area contributed by atoms with Gasteiger partial charge in [-0.2, -0.15) is 0 Å². The summed E-state index contributed by atoms with van der Waals surface area (Å²) in [4.78, 5) is 26.9. The monoisotopic (exact) mass is 349 g/mol. The molecular formula is C21H23N3O2. The van der Waals surface area contributed by atoms with Gasteiger partial charge in [-0.25, -0.2) is 0 Å². The smallest absolute Gasteiger partial charge is 0.251 e. The molecular weight excluding hydrogens is 326 g/mol. The van der Waals surface area contributed by atoms with Gasteiger partial charge in [-0.05, 0) is 47.9 Å². The van der Waals surface area contributed by atoms with E-state index in [1.54, 1.807) is 13.1 Å². The van der Waals surface area contributed by atoms with Gasteiger partial charge < -0.3 is 15.5 Å². The standard InChI is InChI=1S/C21H23N3O2/c1-22-20(25)15-5-3-4-13(8-15)14-6-7-17-18(9-14)21(26)23-10-16-11-24(2)12-19(16)17/h3-9,16,19H,10-12H2,1-2H3,(H,22,25)(H,23,26). The van der Waals surface area contributed by atoms with Crippen molar-refractivity contribution < 1.29 is 9.59 Å². The molecule has 4 rings (SSSR count). The maximum Gasteiger partial charge on any atom is 0.251 e. The van der Waals surface area contributed by atoms with E-state index in [1.807, 2.05) is 24.3 Å². The van der Waals surface area contributed by atoms with E-state index < -0.39 is 0 Å². The zero-order chi connectivity index (χ0) is 18.3. The third-order valence-corrected chi connectivity index (χ3v) is 5.53. The van der Waals surface area contributed by atoms with E-state index in [0.717, 1.165) is 41.9 Å². The van der Waals surface area contributed by atoms with Gasteiger partial charge in [-0.1, -0.05) is 24.3 Å². The first kappa shape index (κ1) is 16.8. The maximum atomic E-state index is 12.6. The minimum absolute atomic E-state index is 0.00126. The Kier molecular flexibility index (Phi) is 4.24.